The largest absolute Gasteiger partial charge is 2.00 e. The number of pyridine rings is 2. The summed E-state index contributed by atoms with van der Waals surface area (Å²) in [4.78, 5) is 55.2. The van der Waals surface area contributed by atoms with Gasteiger partial charge in [0.25, 0.3) is 11.8 Å². The van der Waals surface area contributed by atoms with Gasteiger partial charge in [-0.3, -0.25) is 19.6 Å². The van der Waals surface area contributed by atoms with Crippen molar-refractivity contribution in [1.29, 1.82) is 0 Å². The van der Waals surface area contributed by atoms with E-state index in [1.165, 1.54) is 48.5 Å². The smallest absolute Gasteiger partial charge is 0.872 e. The number of hydrogen-bond donors (Lipinski definition) is 2. The van der Waals surface area contributed by atoms with Crippen LogP contribution in [-0.2, 0) is 30.4 Å². The quantitative estimate of drug-likeness (QED) is 0.197. The van der Waals surface area contributed by atoms with Gasteiger partial charge in [0, 0.05) is 51.0 Å². The molecule has 49 heavy (non-hydrogen) atoms. The van der Waals surface area contributed by atoms with Crippen LogP contribution in [0.3, 0.4) is 0 Å². The molecule has 8 N–H and O–H groups in total. The van der Waals surface area contributed by atoms with Crippen molar-refractivity contribution in [3.63, 3.8) is 0 Å². The molecular formula is C34H44N4O10Zn+2. The van der Waals surface area contributed by atoms with E-state index in [4.69, 9.17) is 10.2 Å². The molecule has 2 aromatic carbocycles. The first kappa shape index (κ1) is 48.2. The van der Waals surface area contributed by atoms with Gasteiger partial charge in [0.15, 0.2) is 0 Å². The summed E-state index contributed by atoms with van der Waals surface area (Å²) in [5.41, 5.74) is 0.961. The molecule has 0 aliphatic carbocycles. The van der Waals surface area contributed by atoms with Crippen molar-refractivity contribution in [3.8, 4) is 11.5 Å². The van der Waals surface area contributed by atoms with Gasteiger partial charge in [0.05, 0.1) is 22.3 Å². The number of hydrogen-bond acceptors (Lipinski definition) is 8. The Bertz CT molecular complexity index is 1410. The molecule has 0 atom stereocenters. The molecule has 260 valence electrons. The van der Waals surface area contributed by atoms with Gasteiger partial charge in [0.2, 0.25) is 0 Å². The fraction of sp³-hybridized carbons (Fsp3) is 0.235. The minimum atomic E-state index is -1.18. The van der Waals surface area contributed by atoms with Crippen LogP contribution < -0.4 is 10.2 Å². The fourth-order valence-corrected chi connectivity index (χ4v) is 3.65. The van der Waals surface area contributed by atoms with Crippen LogP contribution in [0.5, 0.6) is 11.5 Å². The molecule has 2 aromatic heterocycles. The van der Waals surface area contributed by atoms with E-state index in [9.17, 15) is 29.4 Å². The predicted octanol–water partition coefficient (Wildman–Crippen LogP) is 2.20. The molecular weight excluding hydrogens is 690 g/mol. The fourth-order valence-electron chi connectivity index (χ4n) is 3.65. The van der Waals surface area contributed by atoms with Crippen LogP contribution in [0.25, 0.3) is 0 Å². The molecule has 0 spiro atoms. The molecule has 0 saturated carbocycles. The molecule has 0 unspecified atom stereocenters. The number of carboxylic acid groups (broad SMARTS) is 2. The van der Waals surface area contributed by atoms with Gasteiger partial charge in [-0.15, -0.1) is 0 Å². The molecule has 2 amide bonds. The summed E-state index contributed by atoms with van der Waals surface area (Å²) in [7, 11) is 0. The summed E-state index contributed by atoms with van der Waals surface area (Å²) in [6.07, 6.45) is 6.53. The van der Waals surface area contributed by atoms with Crippen LogP contribution in [0.15, 0.2) is 97.6 Å². The van der Waals surface area contributed by atoms with Crippen LogP contribution in [0, 0.1) is 0 Å². The number of carboxylic acids is 2. The zero-order valence-electron chi connectivity index (χ0n) is 28.1. The van der Waals surface area contributed by atoms with Gasteiger partial charge in [-0.25, -0.2) is 9.59 Å². The van der Waals surface area contributed by atoms with Crippen LogP contribution in [0.2, 0.25) is 0 Å². The Balaban J connectivity index is -0.000000568. The van der Waals surface area contributed by atoms with E-state index < -0.39 is 23.4 Å². The van der Waals surface area contributed by atoms with E-state index in [0.29, 0.717) is 11.1 Å². The van der Waals surface area contributed by atoms with E-state index in [2.05, 4.69) is 9.97 Å². The molecule has 0 aliphatic heterocycles. The topological polar surface area (TPSA) is 253 Å². The molecule has 0 bridgehead atoms. The normalized spacial score (nSPS) is 8.90. The second kappa shape index (κ2) is 26.8. The average molecular weight is 734 g/mol. The summed E-state index contributed by atoms with van der Waals surface area (Å²) in [6, 6.07) is 18.2. The van der Waals surface area contributed by atoms with Crippen LogP contribution in [-0.4, -0.2) is 79.9 Å². The molecule has 0 radical (unpaired) electrons. The molecule has 0 saturated heterocycles. The van der Waals surface area contributed by atoms with Gasteiger partial charge >= 0.3 is 31.4 Å². The van der Waals surface area contributed by atoms with Crippen LogP contribution in [0.4, 0.5) is 0 Å². The van der Waals surface area contributed by atoms with Crippen LogP contribution >= 0.6 is 0 Å². The summed E-state index contributed by atoms with van der Waals surface area (Å²) < 4.78 is 0. The minimum Gasteiger partial charge on any atom is -0.872 e. The molecule has 4 rings (SSSR count). The van der Waals surface area contributed by atoms with E-state index in [1.54, 1.807) is 58.9 Å². The number of benzene rings is 2. The molecule has 14 nitrogen and oxygen atoms in total. The molecule has 4 aromatic rings. The number of carbonyl (C=O) groups is 4. The Morgan fingerprint density at radius 2 is 0.878 bits per heavy atom. The Hall–Kier alpha value is -5.24. The third-order valence-electron chi connectivity index (χ3n) is 6.15. The van der Waals surface area contributed by atoms with E-state index in [1.807, 2.05) is 27.7 Å². The molecule has 0 fully saturated rings. The van der Waals surface area contributed by atoms with Crippen molar-refractivity contribution >= 4 is 23.8 Å². The van der Waals surface area contributed by atoms with E-state index in [-0.39, 0.29) is 53.4 Å². The summed E-state index contributed by atoms with van der Waals surface area (Å²) in [5, 5.41) is 38.1. The van der Waals surface area contributed by atoms with Crippen molar-refractivity contribution in [2.45, 2.75) is 27.7 Å². The summed E-state index contributed by atoms with van der Waals surface area (Å²) >= 11 is 0. The zero-order valence-corrected chi connectivity index (χ0v) is 31.0. The first-order valence-electron chi connectivity index (χ1n) is 14.4. The number of carbonyl (C=O) groups excluding carboxylic acids is 2. The maximum Gasteiger partial charge on any atom is 2.00 e. The first-order chi connectivity index (χ1) is 22.0. The van der Waals surface area contributed by atoms with Crippen molar-refractivity contribution in [2.75, 3.05) is 26.2 Å². The van der Waals surface area contributed by atoms with Crippen molar-refractivity contribution < 1.29 is 70.0 Å². The van der Waals surface area contributed by atoms with Gasteiger partial charge in [-0.2, -0.15) is 0 Å². The van der Waals surface area contributed by atoms with Crippen molar-refractivity contribution in [2.24, 2.45) is 0 Å². The second-order valence-corrected chi connectivity index (χ2v) is 9.04. The number of nitrogens with zero attached hydrogens (tertiary/aromatic N) is 4. The number of rotatable bonds is 8. The monoisotopic (exact) mass is 732 g/mol. The maximum atomic E-state index is 11.7. The van der Waals surface area contributed by atoms with E-state index in [0.717, 1.165) is 26.2 Å². The standard InChI is InChI=1S/2C10H14N2O.2C7H6O3.2H2O.Zn/c2*1-3-12(4-2)10(13)9-6-5-7-11-8-9;2*8-6-4-2-1-3-5(6)7(9)10;;;/h2*5-8H,3-4H2,1-2H3;2*1-4,8H,(H,9,10);2*1H2;/q;;;;;;+2. The third-order valence-corrected chi connectivity index (χ3v) is 6.15. The minimum absolute atomic E-state index is 0. The summed E-state index contributed by atoms with van der Waals surface area (Å²) in [5.74, 6) is -3.14. The number of aromatic carboxylic acids is 2. The van der Waals surface area contributed by atoms with E-state index >= 15 is 0 Å². The van der Waals surface area contributed by atoms with Crippen molar-refractivity contribution in [1.82, 2.24) is 19.8 Å². The van der Waals surface area contributed by atoms with Crippen molar-refractivity contribution in [3.05, 3.63) is 120 Å². The van der Waals surface area contributed by atoms with Gasteiger partial charge in [0.1, 0.15) is 0 Å². The Kier molecular flexibility index (Phi) is 26.3. The summed E-state index contributed by atoms with van der Waals surface area (Å²) in [6.45, 7) is 10.8. The Labute approximate surface area is 298 Å². The average Bonchev–Trinajstić information content (AvgIpc) is 3.07. The SMILES string of the molecule is CCN(CC)C(=O)c1cccnc1.CCN(CC)C(=O)c1cccnc1.O=C(O)c1ccccc1[O-].O=C(O)c1ccccc1[O-].[OH3+].[OH3+].[Zn+2]. The number of aromatic nitrogens is 2. The predicted molar refractivity (Wildman–Crippen MR) is 178 cm³/mol. The zero-order chi connectivity index (χ0) is 34.5. The third kappa shape index (κ3) is 16.9. The first-order valence-corrected chi connectivity index (χ1v) is 14.4. The van der Waals surface area contributed by atoms with Gasteiger partial charge < -0.3 is 41.2 Å². The Morgan fingerprint density at radius 1 is 0.571 bits per heavy atom. The van der Waals surface area contributed by atoms with Gasteiger partial charge in [-0.1, -0.05) is 47.9 Å². The Morgan fingerprint density at radius 3 is 1.08 bits per heavy atom. The number of amides is 2. The molecule has 15 heteroatoms. The van der Waals surface area contributed by atoms with Gasteiger partial charge in [-0.05, 0) is 64.1 Å². The molecule has 2 heterocycles. The van der Waals surface area contributed by atoms with Crippen LogP contribution in [0.1, 0.15) is 69.1 Å². The maximum absolute atomic E-state index is 11.7. The second-order valence-electron chi connectivity index (χ2n) is 9.04. The number of para-hydroxylation sites is 2. The molecule has 0 aliphatic rings.